The van der Waals surface area contributed by atoms with Crippen LogP contribution in [-0.4, -0.2) is 41.5 Å². The summed E-state index contributed by atoms with van der Waals surface area (Å²) in [5, 5.41) is 8.57. The Kier molecular flexibility index (Phi) is 5.05. The van der Waals surface area contributed by atoms with Crippen molar-refractivity contribution in [3.8, 4) is 11.3 Å². The van der Waals surface area contributed by atoms with Gasteiger partial charge in [0.1, 0.15) is 40.5 Å². The van der Waals surface area contributed by atoms with E-state index in [1.165, 1.54) is 12.1 Å². The number of hydrogen-bond acceptors (Lipinski definition) is 7. The molecule has 1 saturated carbocycles. The third-order valence-electron chi connectivity index (χ3n) is 6.57. The molecule has 3 aromatic heterocycles. The van der Waals surface area contributed by atoms with Gasteiger partial charge < -0.3 is 4.74 Å². The molecule has 0 spiro atoms. The van der Waals surface area contributed by atoms with Gasteiger partial charge in [-0.3, -0.25) is 0 Å². The molecule has 2 unspecified atom stereocenters. The van der Waals surface area contributed by atoms with E-state index in [0.717, 1.165) is 30.3 Å². The molecule has 6 rings (SSSR count). The van der Waals surface area contributed by atoms with E-state index in [1.54, 1.807) is 0 Å². The Morgan fingerprint density at radius 1 is 1.00 bits per heavy atom. The number of ether oxygens (including phenoxy) is 1. The number of nitrogens with zero attached hydrogens (tertiary/aromatic N) is 7. The van der Waals surface area contributed by atoms with Crippen molar-refractivity contribution in [3.63, 3.8) is 0 Å². The van der Waals surface area contributed by atoms with Gasteiger partial charge >= 0.3 is 0 Å². The third kappa shape index (κ3) is 3.81. The lowest BCUT2D eigenvalue weighted by molar-refractivity contribution is 0.00141. The molecule has 0 bridgehead atoms. The molecule has 1 saturated heterocycles. The summed E-state index contributed by atoms with van der Waals surface area (Å²) in [6, 6.07) is 3.90. The van der Waals surface area contributed by atoms with Gasteiger partial charge in [0, 0.05) is 24.2 Å². The Morgan fingerprint density at radius 3 is 2.62 bits per heavy atom. The smallest absolute Gasteiger partial charge is 0.182 e. The number of aromatic nitrogens is 7. The lowest BCUT2D eigenvalue weighted by atomic mass is 9.93. The van der Waals surface area contributed by atoms with Crippen LogP contribution in [0.15, 0.2) is 24.4 Å². The minimum Gasteiger partial charge on any atom is -0.372 e. The first-order valence-corrected chi connectivity index (χ1v) is 11.5. The lowest BCUT2D eigenvalue weighted by Gasteiger charge is -2.27. The molecule has 174 valence electrons. The van der Waals surface area contributed by atoms with Crippen LogP contribution in [0, 0.1) is 25.5 Å². The fourth-order valence-electron chi connectivity index (χ4n) is 4.37. The number of rotatable bonds is 4. The average Bonchev–Trinajstić information content (AvgIpc) is 3.56. The average molecular weight is 463 g/mol. The van der Waals surface area contributed by atoms with Crippen molar-refractivity contribution < 1.29 is 13.5 Å². The molecule has 0 radical (unpaired) electrons. The summed E-state index contributed by atoms with van der Waals surface area (Å²) in [5.74, 6) is -0.844. The van der Waals surface area contributed by atoms with E-state index in [1.807, 2.05) is 24.7 Å². The van der Waals surface area contributed by atoms with Gasteiger partial charge in [0.25, 0.3) is 0 Å². The minimum atomic E-state index is -0.701. The Labute approximate surface area is 194 Å². The van der Waals surface area contributed by atoms with E-state index in [4.69, 9.17) is 14.7 Å². The van der Waals surface area contributed by atoms with E-state index in [9.17, 15) is 8.78 Å². The number of hydrogen-bond donors (Lipinski definition) is 0. The summed E-state index contributed by atoms with van der Waals surface area (Å²) in [5.41, 5.74) is 3.53. The van der Waals surface area contributed by atoms with Gasteiger partial charge in [0.15, 0.2) is 5.65 Å². The van der Waals surface area contributed by atoms with Crippen LogP contribution in [0.4, 0.5) is 8.78 Å². The first kappa shape index (κ1) is 21.2. The number of halogens is 2. The lowest BCUT2D eigenvalue weighted by Crippen LogP contribution is -2.21. The Hall–Kier alpha value is -3.40. The normalized spacial score (nSPS) is 20.7. The highest BCUT2D eigenvalue weighted by atomic mass is 19.1. The van der Waals surface area contributed by atoms with Gasteiger partial charge in [-0.1, -0.05) is 5.21 Å². The largest absolute Gasteiger partial charge is 0.372 e. The van der Waals surface area contributed by atoms with Gasteiger partial charge in [0.05, 0.1) is 23.6 Å². The van der Waals surface area contributed by atoms with Crippen molar-refractivity contribution in [2.75, 3.05) is 6.61 Å². The predicted octanol–water partition coefficient (Wildman–Crippen LogP) is 4.54. The van der Waals surface area contributed by atoms with E-state index in [0.29, 0.717) is 53.9 Å². The quantitative estimate of drug-likeness (QED) is 0.439. The zero-order chi connectivity index (χ0) is 23.4. The van der Waals surface area contributed by atoms with E-state index in [2.05, 4.69) is 20.3 Å². The van der Waals surface area contributed by atoms with Crippen LogP contribution in [-0.2, 0) is 4.74 Å². The van der Waals surface area contributed by atoms with Crippen LogP contribution >= 0.6 is 0 Å². The number of fused-ring (bicyclic) bond motifs is 1. The van der Waals surface area contributed by atoms with E-state index >= 15 is 0 Å². The van der Waals surface area contributed by atoms with Gasteiger partial charge in [0.2, 0.25) is 0 Å². The van der Waals surface area contributed by atoms with Crippen LogP contribution in [0.5, 0.6) is 0 Å². The van der Waals surface area contributed by atoms with Crippen LogP contribution in [0.3, 0.4) is 0 Å². The second-order valence-corrected chi connectivity index (χ2v) is 9.06. The van der Waals surface area contributed by atoms with Crippen molar-refractivity contribution in [1.82, 2.24) is 34.9 Å². The summed E-state index contributed by atoms with van der Waals surface area (Å²) in [6.45, 7) is 4.21. The molecule has 1 aliphatic heterocycles. The molecular weight excluding hydrogens is 440 g/mol. The maximum Gasteiger partial charge on any atom is 0.182 e. The maximum absolute atomic E-state index is 14.8. The highest BCUT2D eigenvalue weighted by Gasteiger charge is 2.32. The van der Waals surface area contributed by atoms with Crippen LogP contribution in [0.1, 0.15) is 66.7 Å². The van der Waals surface area contributed by atoms with E-state index < -0.39 is 11.6 Å². The van der Waals surface area contributed by atoms with Gasteiger partial charge in [-0.25, -0.2) is 33.4 Å². The molecule has 0 amide bonds. The topological polar surface area (TPSA) is 91.5 Å². The van der Waals surface area contributed by atoms with Crippen molar-refractivity contribution in [3.05, 3.63) is 58.9 Å². The molecule has 4 aromatic rings. The molecule has 2 fully saturated rings. The fourth-order valence-corrected chi connectivity index (χ4v) is 4.37. The predicted molar refractivity (Wildman–Crippen MR) is 119 cm³/mol. The third-order valence-corrected chi connectivity index (χ3v) is 6.57. The first-order chi connectivity index (χ1) is 16.5. The molecule has 10 heteroatoms. The van der Waals surface area contributed by atoms with Crippen LogP contribution < -0.4 is 0 Å². The van der Waals surface area contributed by atoms with Gasteiger partial charge in [-0.2, -0.15) is 0 Å². The molecule has 1 aliphatic carbocycles. The Balaban J connectivity index is 1.41. The maximum atomic E-state index is 14.8. The SMILES string of the molecule is Cc1nc2nc(C3CCOC(c4cn(C5CC5)nn4)C3)nc(-c3ccc(F)cc3F)c2nc1C. The Morgan fingerprint density at radius 2 is 1.82 bits per heavy atom. The molecular formula is C24H23F2N7O. The van der Waals surface area contributed by atoms with Gasteiger partial charge in [-0.05, 0) is 51.7 Å². The highest BCUT2D eigenvalue weighted by Crippen LogP contribution is 2.39. The minimum absolute atomic E-state index is 0.0418. The molecule has 4 heterocycles. The number of benzene rings is 1. The van der Waals surface area contributed by atoms with Gasteiger partial charge in [-0.15, -0.1) is 5.10 Å². The summed E-state index contributed by atoms with van der Waals surface area (Å²) in [4.78, 5) is 18.7. The number of aryl methyl sites for hydroxylation is 2. The molecule has 2 aliphatic rings. The monoisotopic (exact) mass is 463 g/mol. The van der Waals surface area contributed by atoms with E-state index in [-0.39, 0.29) is 17.6 Å². The van der Waals surface area contributed by atoms with Crippen molar-refractivity contribution in [2.24, 2.45) is 0 Å². The van der Waals surface area contributed by atoms with Crippen molar-refractivity contribution in [1.29, 1.82) is 0 Å². The molecule has 0 N–H and O–H groups in total. The molecule has 1 aromatic carbocycles. The van der Waals surface area contributed by atoms with Crippen molar-refractivity contribution in [2.45, 2.75) is 57.6 Å². The molecule has 2 atom stereocenters. The second kappa shape index (κ2) is 8.12. The first-order valence-electron chi connectivity index (χ1n) is 11.5. The molecule has 34 heavy (non-hydrogen) atoms. The van der Waals surface area contributed by atoms with Crippen LogP contribution in [0.2, 0.25) is 0 Å². The summed E-state index contributed by atoms with van der Waals surface area (Å²) < 4.78 is 36.3. The summed E-state index contributed by atoms with van der Waals surface area (Å²) in [6.07, 6.45) is 5.33. The highest BCUT2D eigenvalue weighted by molar-refractivity contribution is 5.87. The molecule has 8 nitrogen and oxygen atoms in total. The zero-order valence-electron chi connectivity index (χ0n) is 18.9. The van der Waals surface area contributed by atoms with Crippen molar-refractivity contribution >= 4 is 11.2 Å². The van der Waals surface area contributed by atoms with Crippen LogP contribution in [0.25, 0.3) is 22.4 Å². The fraction of sp³-hybridized carbons (Fsp3) is 0.417. The zero-order valence-corrected chi connectivity index (χ0v) is 18.9. The Bertz CT molecular complexity index is 1400. The second-order valence-electron chi connectivity index (χ2n) is 9.06. The summed E-state index contributed by atoms with van der Waals surface area (Å²) in [7, 11) is 0. The standard InChI is InChI=1S/C24H23F2N7O/c1-12-13(2)28-24-22(27-12)21(17-6-3-15(25)10-18(17)26)29-23(30-24)14-7-8-34-20(9-14)19-11-33(32-31-19)16-4-5-16/h3,6,10-11,14,16,20H,4-5,7-9H2,1-2H3. The summed E-state index contributed by atoms with van der Waals surface area (Å²) >= 11 is 0.